The summed E-state index contributed by atoms with van der Waals surface area (Å²) in [6, 6.07) is 13.5. The molecule has 0 saturated carbocycles. The molecule has 0 saturated heterocycles. The Morgan fingerprint density at radius 1 is 1.07 bits per heavy atom. The second-order valence-electron chi connectivity index (χ2n) is 7.11. The first-order valence-electron chi connectivity index (χ1n) is 9.14. The number of carbonyl (C=O) groups excluding carboxylic acids is 1. The van der Waals surface area contributed by atoms with Gasteiger partial charge in [0, 0.05) is 0 Å². The van der Waals surface area contributed by atoms with Crippen molar-refractivity contribution in [1.82, 2.24) is 5.32 Å². The monoisotopic (exact) mass is 404 g/mol. The number of aryl methyl sites for hydroxylation is 2. The molecule has 0 spiro atoms. The molecule has 0 radical (unpaired) electrons. The minimum Gasteiger partial charge on any atom is -0.491 e. The lowest BCUT2D eigenvalue weighted by atomic mass is 10.2. The number of ether oxygens (including phenoxy) is 1. The Bertz CT molecular complexity index is 910. The summed E-state index contributed by atoms with van der Waals surface area (Å²) >= 11 is 0. The molecule has 28 heavy (non-hydrogen) atoms. The van der Waals surface area contributed by atoms with E-state index in [1.807, 2.05) is 51.1 Å². The third-order valence-corrected chi connectivity index (χ3v) is 5.50. The van der Waals surface area contributed by atoms with Gasteiger partial charge >= 0.3 is 0 Å². The van der Waals surface area contributed by atoms with Crippen LogP contribution in [-0.4, -0.2) is 39.3 Å². The van der Waals surface area contributed by atoms with Crippen molar-refractivity contribution in [3.8, 4) is 5.75 Å². The van der Waals surface area contributed by atoms with Crippen LogP contribution in [0.4, 0.5) is 5.69 Å². The van der Waals surface area contributed by atoms with Crippen molar-refractivity contribution >= 4 is 21.6 Å². The molecular formula is C21H28N2O4S. The molecule has 0 fully saturated rings. The maximum atomic E-state index is 12.7. The van der Waals surface area contributed by atoms with E-state index in [0.29, 0.717) is 5.69 Å². The Morgan fingerprint density at radius 2 is 1.71 bits per heavy atom. The number of amides is 1. The van der Waals surface area contributed by atoms with Crippen LogP contribution >= 0.6 is 0 Å². The summed E-state index contributed by atoms with van der Waals surface area (Å²) in [7, 11) is -3.63. The lowest BCUT2D eigenvalue weighted by Gasteiger charge is -2.29. The third kappa shape index (κ3) is 5.99. The fourth-order valence-electron chi connectivity index (χ4n) is 2.83. The highest BCUT2D eigenvalue weighted by molar-refractivity contribution is 7.92. The minimum absolute atomic E-state index is 0.282. The lowest BCUT2D eigenvalue weighted by Crippen LogP contribution is -2.50. The molecule has 0 aliphatic carbocycles. The first-order valence-corrected chi connectivity index (χ1v) is 11.0. The summed E-state index contributed by atoms with van der Waals surface area (Å²) < 4.78 is 31.5. The molecule has 6 nitrogen and oxygen atoms in total. The van der Waals surface area contributed by atoms with Gasteiger partial charge in [-0.3, -0.25) is 9.10 Å². The Morgan fingerprint density at radius 3 is 2.29 bits per heavy atom. The summed E-state index contributed by atoms with van der Waals surface area (Å²) in [6.45, 7) is 7.54. The van der Waals surface area contributed by atoms with Gasteiger partial charge in [-0.15, -0.1) is 0 Å². The van der Waals surface area contributed by atoms with E-state index in [9.17, 15) is 13.2 Å². The highest BCUT2D eigenvalue weighted by Crippen LogP contribution is 2.22. The molecule has 0 bridgehead atoms. The van der Waals surface area contributed by atoms with Gasteiger partial charge in [0.2, 0.25) is 15.9 Å². The van der Waals surface area contributed by atoms with Crippen LogP contribution in [0.2, 0.25) is 0 Å². The van der Waals surface area contributed by atoms with Crippen LogP contribution in [0.15, 0.2) is 48.5 Å². The van der Waals surface area contributed by atoms with E-state index in [-0.39, 0.29) is 18.6 Å². The predicted octanol–water partition coefficient (Wildman–Crippen LogP) is 3.04. The summed E-state index contributed by atoms with van der Waals surface area (Å²) in [5.41, 5.74) is 2.52. The number of rotatable bonds is 8. The Kier molecular flexibility index (Phi) is 7.07. The lowest BCUT2D eigenvalue weighted by molar-refractivity contribution is -0.122. The smallest absolute Gasteiger partial charge is 0.243 e. The highest BCUT2D eigenvalue weighted by Gasteiger charge is 2.29. The van der Waals surface area contributed by atoms with Gasteiger partial charge < -0.3 is 10.1 Å². The van der Waals surface area contributed by atoms with Crippen molar-refractivity contribution < 1.29 is 17.9 Å². The summed E-state index contributed by atoms with van der Waals surface area (Å²) in [6.07, 6.45) is 1.10. The van der Waals surface area contributed by atoms with E-state index < -0.39 is 16.1 Å². The molecule has 2 rings (SSSR count). The van der Waals surface area contributed by atoms with Gasteiger partial charge in [-0.25, -0.2) is 8.42 Å². The van der Waals surface area contributed by atoms with Crippen LogP contribution in [0.5, 0.6) is 5.75 Å². The Balaban J connectivity index is 2.04. The Labute approximate surface area is 167 Å². The molecule has 2 aromatic carbocycles. The normalized spacial score (nSPS) is 13.5. The molecule has 152 valence electrons. The van der Waals surface area contributed by atoms with E-state index in [2.05, 4.69) is 5.32 Å². The second kappa shape index (κ2) is 9.10. The van der Waals surface area contributed by atoms with Gasteiger partial charge in [-0.1, -0.05) is 29.8 Å². The van der Waals surface area contributed by atoms with E-state index in [1.54, 1.807) is 25.1 Å². The van der Waals surface area contributed by atoms with Gasteiger partial charge in [-0.2, -0.15) is 0 Å². The first-order chi connectivity index (χ1) is 13.1. The second-order valence-corrected chi connectivity index (χ2v) is 8.97. The quantitative estimate of drug-likeness (QED) is 0.734. The SMILES string of the molecule is Cc1ccc(OC[C@H](C)NC(=O)[C@@H](C)N(c2cccc(C)c2)S(C)(=O)=O)cc1. The summed E-state index contributed by atoms with van der Waals surface area (Å²) in [5.74, 6) is 0.337. The summed E-state index contributed by atoms with van der Waals surface area (Å²) in [5, 5.41) is 2.83. The molecule has 2 atom stereocenters. The van der Waals surface area contributed by atoms with E-state index in [0.717, 1.165) is 27.4 Å². The number of nitrogens with zero attached hydrogens (tertiary/aromatic N) is 1. The zero-order valence-corrected chi connectivity index (χ0v) is 17.8. The van der Waals surface area contributed by atoms with Crippen LogP contribution in [-0.2, 0) is 14.8 Å². The molecule has 2 aromatic rings. The fourth-order valence-corrected chi connectivity index (χ4v) is 4.00. The number of hydrogen-bond acceptors (Lipinski definition) is 4. The van der Waals surface area contributed by atoms with Crippen molar-refractivity contribution in [1.29, 1.82) is 0 Å². The highest BCUT2D eigenvalue weighted by atomic mass is 32.2. The van der Waals surface area contributed by atoms with Crippen molar-refractivity contribution in [3.63, 3.8) is 0 Å². The molecule has 0 aliphatic heterocycles. The van der Waals surface area contributed by atoms with Crippen molar-refractivity contribution in [2.45, 2.75) is 39.8 Å². The minimum atomic E-state index is -3.63. The molecule has 0 heterocycles. The number of carbonyl (C=O) groups is 1. The maximum Gasteiger partial charge on any atom is 0.243 e. The van der Waals surface area contributed by atoms with Crippen LogP contribution in [0, 0.1) is 13.8 Å². The Hall–Kier alpha value is -2.54. The van der Waals surface area contributed by atoms with Crippen LogP contribution in [0.3, 0.4) is 0 Å². The molecule has 1 N–H and O–H groups in total. The topological polar surface area (TPSA) is 75.7 Å². The fraction of sp³-hybridized carbons (Fsp3) is 0.381. The number of anilines is 1. The largest absolute Gasteiger partial charge is 0.491 e. The van der Waals surface area contributed by atoms with Gasteiger partial charge in [-0.05, 0) is 57.5 Å². The third-order valence-electron chi connectivity index (χ3n) is 4.25. The van der Waals surface area contributed by atoms with Gasteiger partial charge in [0.1, 0.15) is 18.4 Å². The van der Waals surface area contributed by atoms with E-state index in [4.69, 9.17) is 4.74 Å². The number of benzene rings is 2. The zero-order chi connectivity index (χ0) is 20.9. The van der Waals surface area contributed by atoms with E-state index in [1.165, 1.54) is 0 Å². The molecular weight excluding hydrogens is 376 g/mol. The molecule has 0 unspecified atom stereocenters. The average molecular weight is 405 g/mol. The van der Waals surface area contributed by atoms with Crippen molar-refractivity contribution in [2.24, 2.45) is 0 Å². The molecule has 0 aliphatic rings. The van der Waals surface area contributed by atoms with Gasteiger partial charge in [0.15, 0.2) is 0 Å². The van der Waals surface area contributed by atoms with Crippen LogP contribution < -0.4 is 14.4 Å². The number of hydrogen-bond donors (Lipinski definition) is 1. The number of nitrogens with one attached hydrogen (secondary N) is 1. The standard InChI is InChI=1S/C21H28N2O4S/c1-15-9-11-20(12-10-15)27-14-17(3)22-21(24)18(4)23(28(5,25)26)19-8-6-7-16(2)13-19/h6-13,17-18H,14H2,1-5H3,(H,22,24)/t17-,18+/m0/s1. The molecule has 7 heteroatoms. The number of sulfonamides is 1. The maximum absolute atomic E-state index is 12.7. The van der Waals surface area contributed by atoms with Crippen molar-refractivity contribution in [3.05, 3.63) is 59.7 Å². The average Bonchev–Trinajstić information content (AvgIpc) is 2.60. The molecule has 0 aromatic heterocycles. The van der Waals surface area contributed by atoms with Crippen LogP contribution in [0.1, 0.15) is 25.0 Å². The first kappa shape index (κ1) is 21.8. The van der Waals surface area contributed by atoms with E-state index >= 15 is 0 Å². The molecule has 1 amide bonds. The predicted molar refractivity (Wildman–Crippen MR) is 112 cm³/mol. The van der Waals surface area contributed by atoms with Crippen LogP contribution in [0.25, 0.3) is 0 Å². The zero-order valence-electron chi connectivity index (χ0n) is 17.0. The summed E-state index contributed by atoms with van der Waals surface area (Å²) in [4.78, 5) is 12.7. The van der Waals surface area contributed by atoms with Gasteiger partial charge in [0.25, 0.3) is 0 Å². The van der Waals surface area contributed by atoms with Gasteiger partial charge in [0.05, 0.1) is 18.0 Å². The van der Waals surface area contributed by atoms with Crippen molar-refractivity contribution in [2.75, 3.05) is 17.2 Å².